The third-order valence-corrected chi connectivity index (χ3v) is 3.89. The molecule has 0 spiro atoms. The summed E-state index contributed by atoms with van der Waals surface area (Å²) in [6.07, 6.45) is 0. The van der Waals surface area contributed by atoms with Gasteiger partial charge in [0.15, 0.2) is 0 Å². The van der Waals surface area contributed by atoms with Crippen molar-refractivity contribution in [3.05, 3.63) is 57.2 Å². The van der Waals surface area contributed by atoms with Crippen LogP contribution in [0.15, 0.2) is 42.5 Å². The van der Waals surface area contributed by atoms with Crippen molar-refractivity contribution in [2.75, 3.05) is 0 Å². The predicted molar refractivity (Wildman–Crippen MR) is 87.8 cm³/mol. The Hall–Kier alpha value is -1.96. The number of halogens is 1. The quantitative estimate of drug-likeness (QED) is 0.692. The monoisotopic (exact) mass is 392 g/mol. The van der Waals surface area contributed by atoms with Crippen LogP contribution in [0.1, 0.15) is 11.1 Å². The highest BCUT2D eigenvalue weighted by Gasteiger charge is 2.07. The average molecular weight is 392 g/mol. The summed E-state index contributed by atoms with van der Waals surface area (Å²) in [5.74, 6) is 1.43. The summed E-state index contributed by atoms with van der Waals surface area (Å²) < 4.78 is 6.88. The second kappa shape index (κ2) is 6.21. The van der Waals surface area contributed by atoms with Crippen LogP contribution in [0.5, 0.6) is 5.75 Å². The number of aromatic amines is 1. The number of nitrogens with one attached hydrogen (secondary N) is 1. The number of aromatic nitrogens is 4. The summed E-state index contributed by atoms with van der Waals surface area (Å²) >= 11 is 2.25. The zero-order valence-corrected chi connectivity index (χ0v) is 13.5. The number of benzene rings is 2. The van der Waals surface area contributed by atoms with Crippen molar-refractivity contribution in [2.45, 2.75) is 13.5 Å². The van der Waals surface area contributed by atoms with E-state index < -0.39 is 0 Å². The van der Waals surface area contributed by atoms with E-state index in [2.05, 4.69) is 74.4 Å². The Labute approximate surface area is 135 Å². The van der Waals surface area contributed by atoms with E-state index in [1.165, 1.54) is 5.56 Å². The Morgan fingerprint density at radius 3 is 2.62 bits per heavy atom. The summed E-state index contributed by atoms with van der Waals surface area (Å²) in [6, 6.07) is 14.2. The number of H-pyrrole nitrogens is 1. The molecule has 0 radical (unpaired) electrons. The van der Waals surface area contributed by atoms with Crippen molar-refractivity contribution in [1.29, 1.82) is 0 Å². The minimum Gasteiger partial charge on any atom is -0.488 e. The fourth-order valence-electron chi connectivity index (χ4n) is 1.89. The fourth-order valence-corrected chi connectivity index (χ4v) is 2.56. The first-order valence-electron chi connectivity index (χ1n) is 6.44. The van der Waals surface area contributed by atoms with Gasteiger partial charge in [-0.2, -0.15) is 5.21 Å². The van der Waals surface area contributed by atoms with Gasteiger partial charge < -0.3 is 4.74 Å². The summed E-state index contributed by atoms with van der Waals surface area (Å²) in [4.78, 5) is 0. The first kappa shape index (κ1) is 14.0. The summed E-state index contributed by atoms with van der Waals surface area (Å²) in [5, 5.41) is 13.9. The third-order valence-electron chi connectivity index (χ3n) is 3.05. The molecule has 1 N–H and O–H groups in total. The lowest BCUT2D eigenvalue weighted by Crippen LogP contribution is -1.97. The fraction of sp³-hybridized carbons (Fsp3) is 0.133. The van der Waals surface area contributed by atoms with E-state index in [-0.39, 0.29) is 0 Å². The molecule has 0 unspecified atom stereocenters. The molecule has 0 aliphatic rings. The molecule has 1 heterocycles. The van der Waals surface area contributed by atoms with Gasteiger partial charge in [0.25, 0.3) is 0 Å². The summed E-state index contributed by atoms with van der Waals surface area (Å²) in [7, 11) is 0. The van der Waals surface area contributed by atoms with Crippen LogP contribution in [0.4, 0.5) is 0 Å². The molecule has 5 nitrogen and oxygen atoms in total. The number of nitrogens with zero attached hydrogens (tertiary/aromatic N) is 3. The van der Waals surface area contributed by atoms with E-state index in [1.807, 2.05) is 18.2 Å². The van der Waals surface area contributed by atoms with Crippen LogP contribution >= 0.6 is 22.6 Å². The minimum atomic E-state index is 0.553. The Kier molecular flexibility index (Phi) is 4.14. The average Bonchev–Trinajstić information content (AvgIpc) is 3.02. The molecular formula is C15H13IN4O. The Balaban J connectivity index is 1.73. The predicted octanol–water partition coefficient (Wildman–Crippen LogP) is 3.36. The van der Waals surface area contributed by atoms with Crippen LogP contribution in [0.25, 0.3) is 11.4 Å². The van der Waals surface area contributed by atoms with Gasteiger partial charge in [-0.3, -0.25) is 0 Å². The SMILES string of the molecule is Cc1ccc(COc2ccc(-c3nn[nH]n3)cc2I)cc1. The molecule has 106 valence electrons. The second-order valence-corrected chi connectivity index (χ2v) is 5.82. The molecule has 0 aliphatic heterocycles. The Morgan fingerprint density at radius 2 is 1.95 bits per heavy atom. The highest BCUT2D eigenvalue weighted by atomic mass is 127. The van der Waals surface area contributed by atoms with Crippen LogP contribution in [0.2, 0.25) is 0 Å². The normalized spacial score (nSPS) is 10.6. The van der Waals surface area contributed by atoms with E-state index in [0.717, 1.165) is 20.4 Å². The van der Waals surface area contributed by atoms with E-state index in [1.54, 1.807) is 0 Å². The van der Waals surface area contributed by atoms with Gasteiger partial charge in [-0.25, -0.2) is 0 Å². The molecule has 1 aromatic heterocycles. The van der Waals surface area contributed by atoms with Crippen molar-refractivity contribution in [1.82, 2.24) is 20.6 Å². The molecule has 3 aromatic rings. The number of ether oxygens (including phenoxy) is 1. The van der Waals surface area contributed by atoms with Gasteiger partial charge in [0.2, 0.25) is 5.82 Å². The molecule has 3 rings (SSSR count). The van der Waals surface area contributed by atoms with Gasteiger partial charge in [0.05, 0.1) is 3.57 Å². The Morgan fingerprint density at radius 1 is 1.14 bits per heavy atom. The number of hydrogen-bond acceptors (Lipinski definition) is 4. The summed E-state index contributed by atoms with van der Waals surface area (Å²) in [5.41, 5.74) is 3.31. The molecule has 0 saturated heterocycles. The number of hydrogen-bond donors (Lipinski definition) is 1. The third kappa shape index (κ3) is 3.38. The first-order valence-corrected chi connectivity index (χ1v) is 7.52. The van der Waals surface area contributed by atoms with Crippen LogP contribution in [0, 0.1) is 10.5 Å². The van der Waals surface area contributed by atoms with Crippen molar-refractivity contribution in [3.63, 3.8) is 0 Å². The smallest absolute Gasteiger partial charge is 0.204 e. The lowest BCUT2D eigenvalue weighted by molar-refractivity contribution is 0.304. The molecule has 0 aliphatic carbocycles. The van der Waals surface area contributed by atoms with Crippen molar-refractivity contribution < 1.29 is 4.74 Å². The molecular weight excluding hydrogens is 379 g/mol. The summed E-state index contributed by atoms with van der Waals surface area (Å²) in [6.45, 7) is 2.63. The van der Waals surface area contributed by atoms with Gasteiger partial charge in [-0.05, 0) is 58.5 Å². The van der Waals surface area contributed by atoms with Crippen LogP contribution in [0.3, 0.4) is 0 Å². The number of rotatable bonds is 4. The lowest BCUT2D eigenvalue weighted by atomic mass is 10.2. The van der Waals surface area contributed by atoms with E-state index >= 15 is 0 Å². The maximum Gasteiger partial charge on any atom is 0.204 e. The largest absolute Gasteiger partial charge is 0.488 e. The lowest BCUT2D eigenvalue weighted by Gasteiger charge is -2.09. The first-order chi connectivity index (χ1) is 10.2. The molecule has 0 atom stereocenters. The second-order valence-electron chi connectivity index (χ2n) is 4.65. The maximum atomic E-state index is 5.86. The van der Waals surface area contributed by atoms with E-state index in [4.69, 9.17) is 4.74 Å². The number of tetrazole rings is 1. The van der Waals surface area contributed by atoms with Gasteiger partial charge in [-0.1, -0.05) is 29.8 Å². The molecule has 0 saturated carbocycles. The van der Waals surface area contributed by atoms with Crippen molar-refractivity contribution in [3.8, 4) is 17.1 Å². The minimum absolute atomic E-state index is 0.553. The molecule has 6 heteroatoms. The molecule has 2 aromatic carbocycles. The number of aryl methyl sites for hydroxylation is 1. The van der Waals surface area contributed by atoms with Gasteiger partial charge in [-0.15, -0.1) is 10.2 Å². The van der Waals surface area contributed by atoms with Gasteiger partial charge >= 0.3 is 0 Å². The molecule has 0 fully saturated rings. The topological polar surface area (TPSA) is 63.7 Å². The van der Waals surface area contributed by atoms with Crippen LogP contribution in [-0.4, -0.2) is 20.6 Å². The van der Waals surface area contributed by atoms with Crippen molar-refractivity contribution >= 4 is 22.6 Å². The highest BCUT2D eigenvalue weighted by molar-refractivity contribution is 14.1. The standard InChI is InChI=1S/C15H13IN4O/c1-10-2-4-11(5-3-10)9-21-14-7-6-12(8-13(14)16)15-17-19-20-18-15/h2-8H,9H2,1H3,(H,17,18,19,20). The molecule has 0 amide bonds. The van der Waals surface area contributed by atoms with E-state index in [9.17, 15) is 0 Å². The zero-order valence-electron chi connectivity index (χ0n) is 11.4. The van der Waals surface area contributed by atoms with Crippen LogP contribution in [-0.2, 0) is 6.61 Å². The Bertz CT molecular complexity index is 726. The van der Waals surface area contributed by atoms with E-state index in [0.29, 0.717) is 12.4 Å². The molecule has 21 heavy (non-hydrogen) atoms. The maximum absolute atomic E-state index is 5.86. The van der Waals surface area contributed by atoms with Crippen molar-refractivity contribution in [2.24, 2.45) is 0 Å². The molecule has 0 bridgehead atoms. The van der Waals surface area contributed by atoms with Gasteiger partial charge in [0, 0.05) is 5.56 Å². The highest BCUT2D eigenvalue weighted by Crippen LogP contribution is 2.26. The van der Waals surface area contributed by atoms with Gasteiger partial charge in [0.1, 0.15) is 12.4 Å². The zero-order chi connectivity index (χ0) is 14.7. The van der Waals surface area contributed by atoms with Crippen LogP contribution < -0.4 is 4.74 Å².